The molecular formula is C12H5F7IN. The lowest BCUT2D eigenvalue weighted by Crippen LogP contribution is -2.52. The third-order valence-corrected chi connectivity index (χ3v) is 3.23. The minimum absolute atomic E-state index is 0.586. The Bertz CT molecular complexity index is 584. The molecule has 0 radical (unpaired) electrons. The fourth-order valence-electron chi connectivity index (χ4n) is 1.44. The molecule has 1 aromatic carbocycles. The predicted octanol–water partition coefficient (Wildman–Crippen LogP) is 5.19. The molecule has 0 aliphatic carbocycles. The van der Waals surface area contributed by atoms with Gasteiger partial charge in [0, 0.05) is 0 Å². The molecule has 1 rings (SSSR count). The summed E-state index contributed by atoms with van der Waals surface area (Å²) in [6, 6.07) is 6.74. The highest BCUT2D eigenvalue weighted by molar-refractivity contribution is 14.1. The highest BCUT2D eigenvalue weighted by Crippen LogP contribution is 2.53. The largest absolute Gasteiger partial charge is 0.460 e. The summed E-state index contributed by atoms with van der Waals surface area (Å²) in [4.78, 5) is 0. The summed E-state index contributed by atoms with van der Waals surface area (Å²) in [6.45, 7) is 0. The molecule has 1 aromatic rings. The van der Waals surface area contributed by atoms with E-state index in [1.807, 2.05) is 0 Å². The Balaban J connectivity index is 3.60. The second-order valence-corrected chi connectivity index (χ2v) is 4.89. The number of nitriles is 1. The number of hydrogen-bond donors (Lipinski definition) is 0. The summed E-state index contributed by atoms with van der Waals surface area (Å²) >= 11 is 1.00. The summed E-state index contributed by atoms with van der Waals surface area (Å²) in [5.41, 5.74) is -2.24. The van der Waals surface area contributed by atoms with Crippen LogP contribution >= 0.6 is 22.6 Å². The lowest BCUT2D eigenvalue weighted by Gasteiger charge is -2.30. The van der Waals surface area contributed by atoms with Crippen molar-refractivity contribution < 1.29 is 30.7 Å². The van der Waals surface area contributed by atoms with Gasteiger partial charge in [0.05, 0.1) is 5.57 Å². The third-order valence-electron chi connectivity index (χ3n) is 2.44. The van der Waals surface area contributed by atoms with E-state index in [1.165, 1.54) is 24.3 Å². The number of alkyl halides is 7. The lowest BCUT2D eigenvalue weighted by atomic mass is 9.94. The molecule has 0 spiro atoms. The van der Waals surface area contributed by atoms with Crippen LogP contribution < -0.4 is 0 Å². The fraction of sp³-hybridized carbons (Fsp3) is 0.250. The zero-order chi connectivity index (χ0) is 16.5. The summed E-state index contributed by atoms with van der Waals surface area (Å²) in [7, 11) is 0. The first-order valence-electron chi connectivity index (χ1n) is 5.15. The van der Waals surface area contributed by atoms with Crippen LogP contribution in [-0.2, 0) is 0 Å². The predicted molar refractivity (Wildman–Crippen MR) is 68.9 cm³/mol. The maximum absolute atomic E-state index is 13.8. The molecular weight excluding hydrogens is 418 g/mol. The summed E-state index contributed by atoms with van der Waals surface area (Å²) in [5, 5.41) is 8.62. The summed E-state index contributed by atoms with van der Waals surface area (Å²) in [6.07, 6.45) is -6.46. The van der Waals surface area contributed by atoms with E-state index in [-0.39, 0.29) is 0 Å². The molecule has 1 nitrogen and oxygen atoms in total. The van der Waals surface area contributed by atoms with Crippen LogP contribution in [0.15, 0.2) is 33.9 Å². The zero-order valence-electron chi connectivity index (χ0n) is 9.86. The number of rotatable bonds is 3. The second kappa shape index (κ2) is 5.82. The van der Waals surface area contributed by atoms with E-state index in [2.05, 4.69) is 0 Å². The van der Waals surface area contributed by atoms with E-state index >= 15 is 0 Å². The smallest absolute Gasteiger partial charge is 0.194 e. The maximum Gasteiger partial charge on any atom is 0.460 e. The Morgan fingerprint density at radius 3 is 1.81 bits per heavy atom. The number of halogens is 8. The highest BCUT2D eigenvalue weighted by Gasteiger charge is 2.74. The molecule has 0 heterocycles. The van der Waals surface area contributed by atoms with Gasteiger partial charge in [0.1, 0.15) is 9.65 Å². The SMILES string of the molecule is N#C/C(I)=C(\c1ccccc1)C(F)(F)C(F)(F)C(F)(F)F. The minimum atomic E-state index is -6.46. The van der Waals surface area contributed by atoms with Crippen LogP contribution in [0.1, 0.15) is 5.56 Å². The van der Waals surface area contributed by atoms with Crippen molar-refractivity contribution in [3.8, 4) is 6.07 Å². The zero-order valence-corrected chi connectivity index (χ0v) is 12.0. The molecule has 0 atom stereocenters. The molecule has 0 aromatic heterocycles. The van der Waals surface area contributed by atoms with Gasteiger partial charge in [0.25, 0.3) is 0 Å². The Morgan fingerprint density at radius 2 is 1.43 bits per heavy atom. The van der Waals surface area contributed by atoms with Gasteiger partial charge in [-0.3, -0.25) is 0 Å². The van der Waals surface area contributed by atoms with Gasteiger partial charge < -0.3 is 0 Å². The van der Waals surface area contributed by atoms with Crippen LogP contribution in [0.5, 0.6) is 0 Å². The number of allylic oxidation sites excluding steroid dienone is 2. The van der Waals surface area contributed by atoms with Gasteiger partial charge in [0.2, 0.25) is 0 Å². The van der Waals surface area contributed by atoms with E-state index in [9.17, 15) is 30.7 Å². The third kappa shape index (κ3) is 3.14. The molecule has 0 aliphatic heterocycles. The molecule has 0 amide bonds. The Morgan fingerprint density at radius 1 is 0.952 bits per heavy atom. The summed E-state index contributed by atoms with van der Waals surface area (Å²) in [5.74, 6) is -11.9. The quantitative estimate of drug-likeness (QED) is 0.373. The second-order valence-electron chi connectivity index (χ2n) is 3.81. The van der Waals surface area contributed by atoms with Crippen molar-refractivity contribution in [3.63, 3.8) is 0 Å². The van der Waals surface area contributed by atoms with Crippen LogP contribution in [0.4, 0.5) is 30.7 Å². The van der Waals surface area contributed by atoms with Crippen molar-refractivity contribution in [2.75, 3.05) is 0 Å². The highest BCUT2D eigenvalue weighted by atomic mass is 127. The normalized spacial score (nSPS) is 14.4. The maximum atomic E-state index is 13.8. The first-order valence-corrected chi connectivity index (χ1v) is 6.22. The van der Waals surface area contributed by atoms with Gasteiger partial charge in [-0.15, -0.1) is 0 Å². The van der Waals surface area contributed by atoms with Crippen molar-refractivity contribution in [1.29, 1.82) is 5.26 Å². The molecule has 0 bridgehead atoms. The number of benzene rings is 1. The van der Waals surface area contributed by atoms with Crippen LogP contribution in [-0.4, -0.2) is 18.0 Å². The van der Waals surface area contributed by atoms with Gasteiger partial charge in [-0.25, -0.2) is 0 Å². The topological polar surface area (TPSA) is 23.8 Å². The molecule has 0 saturated carbocycles. The van der Waals surface area contributed by atoms with Gasteiger partial charge in [0.15, 0.2) is 0 Å². The standard InChI is InChI=1S/C12H5F7IN/c13-10(14,11(15,16)12(17,18)19)9(8(20)6-21)7-4-2-1-3-5-7/h1-5H/b9-8-. The van der Waals surface area contributed by atoms with Gasteiger partial charge in [-0.1, -0.05) is 30.3 Å². The van der Waals surface area contributed by atoms with Crippen LogP contribution in [0.3, 0.4) is 0 Å². The van der Waals surface area contributed by atoms with E-state index < -0.39 is 32.7 Å². The Hall–Kier alpha value is -1.31. The molecule has 9 heteroatoms. The van der Waals surface area contributed by atoms with Crippen LogP contribution in [0, 0.1) is 11.3 Å². The van der Waals surface area contributed by atoms with Gasteiger partial charge in [-0.2, -0.15) is 36.0 Å². The first kappa shape index (κ1) is 17.7. The minimum Gasteiger partial charge on any atom is -0.194 e. The lowest BCUT2D eigenvalue weighted by molar-refractivity contribution is -0.338. The van der Waals surface area contributed by atoms with E-state index in [0.717, 1.165) is 34.7 Å². The van der Waals surface area contributed by atoms with Crippen molar-refractivity contribution in [2.45, 2.75) is 18.0 Å². The molecule has 114 valence electrons. The number of hydrogen-bond acceptors (Lipinski definition) is 1. The van der Waals surface area contributed by atoms with E-state index in [0.29, 0.717) is 0 Å². The van der Waals surface area contributed by atoms with Crippen LogP contribution in [0.2, 0.25) is 0 Å². The van der Waals surface area contributed by atoms with Gasteiger partial charge in [-0.05, 0) is 28.2 Å². The van der Waals surface area contributed by atoms with E-state index in [4.69, 9.17) is 5.26 Å². The average Bonchev–Trinajstić information content (AvgIpc) is 2.38. The van der Waals surface area contributed by atoms with E-state index in [1.54, 1.807) is 0 Å². The van der Waals surface area contributed by atoms with Crippen molar-refractivity contribution in [1.82, 2.24) is 0 Å². The molecule has 0 saturated heterocycles. The average molecular weight is 423 g/mol. The fourth-order valence-corrected chi connectivity index (χ4v) is 2.09. The number of nitrogens with zero attached hydrogens (tertiary/aromatic N) is 1. The molecule has 21 heavy (non-hydrogen) atoms. The first-order chi connectivity index (χ1) is 9.46. The van der Waals surface area contributed by atoms with Crippen LogP contribution in [0.25, 0.3) is 5.57 Å². The van der Waals surface area contributed by atoms with Crippen molar-refractivity contribution >= 4 is 28.2 Å². The molecule has 0 unspecified atom stereocenters. The van der Waals surface area contributed by atoms with Crippen molar-refractivity contribution in [2.24, 2.45) is 0 Å². The van der Waals surface area contributed by atoms with Gasteiger partial charge >= 0.3 is 18.0 Å². The Labute approximate surface area is 128 Å². The Kier molecular flexibility index (Phi) is 4.92. The van der Waals surface area contributed by atoms with Crippen molar-refractivity contribution in [3.05, 3.63) is 39.5 Å². The molecule has 0 aliphatic rings. The molecule has 0 N–H and O–H groups in total. The monoisotopic (exact) mass is 423 g/mol. The molecule has 0 fully saturated rings. The summed E-state index contributed by atoms with van der Waals surface area (Å²) < 4.78 is 89.6.